The Bertz CT molecular complexity index is 744. The van der Waals surface area contributed by atoms with Gasteiger partial charge in [-0.25, -0.2) is 0 Å². The molecule has 1 heterocycles. The topological polar surface area (TPSA) is 20.3 Å². The van der Waals surface area contributed by atoms with Gasteiger partial charge < -0.3 is 4.90 Å². The normalized spacial score (nSPS) is 17.8. The lowest BCUT2D eigenvalue weighted by Crippen LogP contribution is -2.28. The van der Waals surface area contributed by atoms with Crippen molar-refractivity contribution in [1.29, 1.82) is 0 Å². The lowest BCUT2D eigenvalue weighted by atomic mass is 10.1. The molecule has 1 unspecified atom stereocenters. The average Bonchev–Trinajstić information content (AvgIpc) is 3.04. The summed E-state index contributed by atoms with van der Waals surface area (Å²) in [5.41, 5.74) is 3.24. The predicted molar refractivity (Wildman–Crippen MR) is 98.6 cm³/mol. The lowest BCUT2D eigenvalue weighted by Gasteiger charge is -2.23. The fraction of sp³-hybridized carbons (Fsp3) is 0.211. The molecule has 2 nitrogen and oxygen atoms in total. The zero-order valence-electron chi connectivity index (χ0n) is 12.9. The molecule has 0 saturated carbocycles. The Morgan fingerprint density at radius 1 is 1.22 bits per heavy atom. The van der Waals surface area contributed by atoms with Crippen LogP contribution in [0.1, 0.15) is 22.1 Å². The van der Waals surface area contributed by atoms with Gasteiger partial charge in [-0.1, -0.05) is 54.1 Å². The molecule has 23 heavy (non-hydrogen) atoms. The second-order valence-corrected chi connectivity index (χ2v) is 7.06. The fourth-order valence-corrected chi connectivity index (χ4v) is 4.26. The van der Waals surface area contributed by atoms with Gasteiger partial charge in [-0.05, 0) is 30.2 Å². The number of carbonyl (C=O) groups is 1. The minimum absolute atomic E-state index is 0.00211. The van der Waals surface area contributed by atoms with Crippen molar-refractivity contribution in [2.24, 2.45) is 0 Å². The van der Waals surface area contributed by atoms with Gasteiger partial charge in [0.25, 0.3) is 0 Å². The second kappa shape index (κ2) is 7.24. The van der Waals surface area contributed by atoms with Gasteiger partial charge in [0.1, 0.15) is 5.37 Å². The summed E-state index contributed by atoms with van der Waals surface area (Å²) < 4.78 is 0. The van der Waals surface area contributed by atoms with Gasteiger partial charge in [0.2, 0.25) is 5.91 Å². The highest BCUT2D eigenvalue weighted by Crippen LogP contribution is 2.40. The van der Waals surface area contributed by atoms with Crippen molar-refractivity contribution in [3.05, 3.63) is 76.3 Å². The number of amides is 1. The fourth-order valence-electron chi connectivity index (χ4n) is 2.66. The molecule has 3 rings (SSSR count). The molecular weight excluding hydrogens is 326 g/mol. The van der Waals surface area contributed by atoms with E-state index in [-0.39, 0.29) is 11.3 Å². The van der Waals surface area contributed by atoms with Gasteiger partial charge in [-0.3, -0.25) is 4.79 Å². The number of hydrogen-bond acceptors (Lipinski definition) is 2. The van der Waals surface area contributed by atoms with Crippen molar-refractivity contribution in [2.75, 3.05) is 12.3 Å². The molecule has 4 heteroatoms. The predicted octanol–water partition coefficient (Wildman–Crippen LogP) is 4.94. The molecule has 0 bridgehead atoms. The molecule has 0 aromatic heterocycles. The van der Waals surface area contributed by atoms with Crippen molar-refractivity contribution >= 4 is 35.3 Å². The van der Waals surface area contributed by atoms with Crippen LogP contribution >= 0.6 is 23.4 Å². The van der Waals surface area contributed by atoms with Crippen LogP contribution in [0.5, 0.6) is 0 Å². The van der Waals surface area contributed by atoms with E-state index in [0.29, 0.717) is 5.02 Å². The first kappa shape index (κ1) is 16.2. The third kappa shape index (κ3) is 3.62. The van der Waals surface area contributed by atoms with Crippen LogP contribution in [0.2, 0.25) is 5.02 Å². The van der Waals surface area contributed by atoms with Gasteiger partial charge in [0.15, 0.2) is 0 Å². The summed E-state index contributed by atoms with van der Waals surface area (Å²) in [5, 5.41) is 0.713. The Labute approximate surface area is 146 Å². The molecule has 118 valence electrons. The number of carbonyl (C=O) groups excluding carboxylic acids is 1. The minimum atomic E-state index is -0.00211. The molecule has 1 aliphatic heterocycles. The maximum Gasteiger partial charge on any atom is 0.247 e. The summed E-state index contributed by atoms with van der Waals surface area (Å²) in [5.74, 6) is 0.961. The van der Waals surface area contributed by atoms with Crippen LogP contribution in [-0.2, 0) is 4.79 Å². The average molecular weight is 344 g/mol. The third-order valence-electron chi connectivity index (χ3n) is 3.94. The Morgan fingerprint density at radius 2 is 1.96 bits per heavy atom. The first-order chi connectivity index (χ1) is 11.2. The summed E-state index contributed by atoms with van der Waals surface area (Å²) >= 11 is 8.06. The highest BCUT2D eigenvalue weighted by Gasteiger charge is 2.30. The van der Waals surface area contributed by atoms with Crippen molar-refractivity contribution in [2.45, 2.75) is 12.3 Å². The monoisotopic (exact) mass is 343 g/mol. The molecule has 2 aromatic carbocycles. The first-order valence-electron chi connectivity index (χ1n) is 7.57. The van der Waals surface area contributed by atoms with Crippen molar-refractivity contribution in [3.8, 4) is 0 Å². The summed E-state index contributed by atoms with van der Waals surface area (Å²) in [4.78, 5) is 14.5. The Hall–Kier alpha value is -1.71. The highest BCUT2D eigenvalue weighted by molar-refractivity contribution is 7.99. The van der Waals surface area contributed by atoms with E-state index in [0.717, 1.165) is 29.0 Å². The van der Waals surface area contributed by atoms with Crippen molar-refractivity contribution in [1.82, 2.24) is 4.90 Å². The first-order valence-corrected chi connectivity index (χ1v) is 9.00. The molecule has 1 atom stereocenters. The number of nitrogens with zero attached hydrogens (tertiary/aromatic N) is 1. The number of rotatable bonds is 3. The van der Waals surface area contributed by atoms with Crippen LogP contribution in [0.3, 0.4) is 0 Å². The number of aryl methyl sites for hydroxylation is 1. The van der Waals surface area contributed by atoms with Crippen LogP contribution in [0, 0.1) is 6.92 Å². The number of thioether (sulfide) groups is 1. The van der Waals surface area contributed by atoms with Crippen LogP contribution in [0.25, 0.3) is 6.08 Å². The highest BCUT2D eigenvalue weighted by atomic mass is 35.5. The summed E-state index contributed by atoms with van der Waals surface area (Å²) in [7, 11) is 0. The molecule has 0 N–H and O–H groups in total. The molecule has 2 aromatic rings. The van der Waals surface area contributed by atoms with E-state index in [1.54, 1.807) is 17.8 Å². The van der Waals surface area contributed by atoms with Crippen LogP contribution < -0.4 is 0 Å². The maximum atomic E-state index is 12.6. The van der Waals surface area contributed by atoms with E-state index >= 15 is 0 Å². The Kier molecular flexibility index (Phi) is 5.09. The van der Waals surface area contributed by atoms with E-state index in [1.807, 2.05) is 66.4 Å². The van der Waals surface area contributed by atoms with Crippen LogP contribution in [-0.4, -0.2) is 23.1 Å². The maximum absolute atomic E-state index is 12.6. The minimum Gasteiger partial charge on any atom is -0.322 e. The van der Waals surface area contributed by atoms with Crippen molar-refractivity contribution in [3.63, 3.8) is 0 Å². The molecule has 1 fully saturated rings. The molecule has 0 spiro atoms. The summed E-state index contributed by atoms with van der Waals surface area (Å²) in [6.45, 7) is 2.79. The third-order valence-corrected chi connectivity index (χ3v) is 5.53. The largest absolute Gasteiger partial charge is 0.322 e. The molecular formula is C19H18ClNOS. The Balaban J connectivity index is 1.79. The van der Waals surface area contributed by atoms with Crippen LogP contribution in [0.15, 0.2) is 54.6 Å². The van der Waals surface area contributed by atoms with Gasteiger partial charge in [0.05, 0.1) is 0 Å². The van der Waals surface area contributed by atoms with Gasteiger partial charge in [-0.15, -0.1) is 11.8 Å². The zero-order valence-corrected chi connectivity index (χ0v) is 14.5. The van der Waals surface area contributed by atoms with E-state index in [4.69, 9.17) is 11.6 Å². The molecule has 1 aliphatic rings. The lowest BCUT2D eigenvalue weighted by molar-refractivity contribution is -0.126. The summed E-state index contributed by atoms with van der Waals surface area (Å²) in [6.07, 6.45) is 3.56. The SMILES string of the molecule is Cc1ccccc1/C=C/C(=O)N1CCSC1c1ccccc1Cl. The molecule has 1 saturated heterocycles. The van der Waals surface area contributed by atoms with E-state index in [1.165, 1.54) is 0 Å². The standard InChI is InChI=1S/C19H18ClNOS/c1-14-6-2-3-7-15(14)10-11-18(22)21-12-13-23-19(21)16-8-4-5-9-17(16)20/h2-11,19H,12-13H2,1H3/b11-10+. The zero-order chi connectivity index (χ0) is 16.2. The van der Waals surface area contributed by atoms with E-state index < -0.39 is 0 Å². The summed E-state index contributed by atoms with van der Waals surface area (Å²) in [6, 6.07) is 15.8. The smallest absolute Gasteiger partial charge is 0.247 e. The quantitative estimate of drug-likeness (QED) is 0.736. The second-order valence-electron chi connectivity index (χ2n) is 5.47. The Morgan fingerprint density at radius 3 is 2.74 bits per heavy atom. The molecule has 0 radical (unpaired) electrons. The van der Waals surface area contributed by atoms with Gasteiger partial charge in [0, 0.05) is 29.0 Å². The van der Waals surface area contributed by atoms with Gasteiger partial charge in [-0.2, -0.15) is 0 Å². The van der Waals surface area contributed by atoms with Crippen LogP contribution in [0.4, 0.5) is 0 Å². The van der Waals surface area contributed by atoms with Gasteiger partial charge >= 0.3 is 0 Å². The van der Waals surface area contributed by atoms with Crippen molar-refractivity contribution < 1.29 is 4.79 Å². The molecule has 0 aliphatic carbocycles. The van der Waals surface area contributed by atoms with E-state index in [2.05, 4.69) is 0 Å². The van der Waals surface area contributed by atoms with E-state index in [9.17, 15) is 4.79 Å². The number of halogens is 1. The molecule has 1 amide bonds. The number of benzene rings is 2. The number of hydrogen-bond donors (Lipinski definition) is 0.